The summed E-state index contributed by atoms with van der Waals surface area (Å²) in [6.07, 6.45) is 3.51. The predicted molar refractivity (Wildman–Crippen MR) is 65.9 cm³/mol. The summed E-state index contributed by atoms with van der Waals surface area (Å²) in [5.41, 5.74) is 0. The molecule has 0 heterocycles. The number of hydrogen-bond acceptors (Lipinski definition) is 8. The second-order valence-corrected chi connectivity index (χ2v) is 6.43. The first-order valence-corrected chi connectivity index (χ1v) is 8.48. The van der Waals surface area contributed by atoms with E-state index in [9.17, 15) is 18.9 Å². The molecule has 0 amide bonds. The summed E-state index contributed by atoms with van der Waals surface area (Å²) < 4.78 is 29.3. The molecule has 1 aliphatic rings. The SMILES string of the molecule is O=POCN[C@@H]1CCCC[C@H]1N[P+](O)(O)OP=O. The minimum atomic E-state index is -3.81. The Labute approximate surface area is 109 Å². The lowest BCUT2D eigenvalue weighted by atomic mass is 9.91. The van der Waals surface area contributed by atoms with Crippen LogP contribution in [0.1, 0.15) is 25.7 Å². The summed E-state index contributed by atoms with van der Waals surface area (Å²) in [7, 11) is -4.99. The summed E-state index contributed by atoms with van der Waals surface area (Å²) in [6.45, 7) is 0.108. The van der Waals surface area contributed by atoms with Crippen molar-refractivity contribution >= 4 is 25.5 Å². The highest BCUT2D eigenvalue weighted by Gasteiger charge is 2.43. The number of hydrogen-bond donors (Lipinski definition) is 4. The van der Waals surface area contributed by atoms with Crippen molar-refractivity contribution in [2.45, 2.75) is 37.8 Å². The number of rotatable bonds is 8. The molecular formula is C7H16N2O6P3+. The number of nitrogens with one attached hydrogen (secondary N) is 2. The van der Waals surface area contributed by atoms with E-state index in [0.29, 0.717) is 0 Å². The zero-order chi connectivity index (χ0) is 13.4. The largest absolute Gasteiger partial charge is 0.508 e. The van der Waals surface area contributed by atoms with Crippen LogP contribution in [0.15, 0.2) is 0 Å². The van der Waals surface area contributed by atoms with E-state index in [2.05, 4.69) is 19.2 Å². The van der Waals surface area contributed by atoms with Gasteiger partial charge in [0.1, 0.15) is 6.73 Å². The van der Waals surface area contributed by atoms with Crippen LogP contribution in [-0.4, -0.2) is 28.6 Å². The Morgan fingerprint density at radius 3 is 2.44 bits per heavy atom. The smallest absolute Gasteiger partial charge is 0.289 e. The zero-order valence-electron chi connectivity index (χ0n) is 9.56. The molecule has 1 aliphatic carbocycles. The Morgan fingerprint density at radius 1 is 1.17 bits per heavy atom. The molecule has 0 aromatic carbocycles. The van der Waals surface area contributed by atoms with Crippen molar-refractivity contribution < 1.29 is 27.8 Å². The highest BCUT2D eigenvalue weighted by molar-refractivity contribution is 7.61. The summed E-state index contributed by atoms with van der Waals surface area (Å²) in [6, 6.07) is -0.276. The molecule has 2 atom stereocenters. The lowest BCUT2D eigenvalue weighted by molar-refractivity contribution is 0.221. The quantitative estimate of drug-likeness (QED) is 0.302. The van der Waals surface area contributed by atoms with Crippen LogP contribution in [0.2, 0.25) is 0 Å². The fourth-order valence-electron chi connectivity index (χ4n) is 1.99. The van der Waals surface area contributed by atoms with E-state index in [-0.39, 0.29) is 18.8 Å². The molecule has 104 valence electrons. The molecule has 0 unspecified atom stereocenters. The zero-order valence-corrected chi connectivity index (χ0v) is 12.2. The van der Waals surface area contributed by atoms with Gasteiger partial charge in [-0.1, -0.05) is 17.2 Å². The molecule has 8 nitrogen and oxygen atoms in total. The lowest BCUT2D eigenvalue weighted by Gasteiger charge is -2.31. The first-order valence-electron chi connectivity index (χ1n) is 5.41. The second-order valence-electron chi connectivity index (χ2n) is 3.88. The maximum Gasteiger partial charge on any atom is 0.508 e. The molecule has 0 spiro atoms. The average molecular weight is 317 g/mol. The minimum absolute atomic E-state index is 0.0499. The highest BCUT2D eigenvalue weighted by Crippen LogP contribution is 2.51. The average Bonchev–Trinajstić information content (AvgIpc) is 2.31. The van der Waals surface area contributed by atoms with Gasteiger partial charge < -0.3 is 0 Å². The van der Waals surface area contributed by atoms with Gasteiger partial charge in [0.25, 0.3) is 0 Å². The van der Waals surface area contributed by atoms with Crippen LogP contribution < -0.4 is 10.4 Å². The van der Waals surface area contributed by atoms with Crippen LogP contribution in [0.5, 0.6) is 0 Å². The second kappa shape index (κ2) is 8.54. The first-order chi connectivity index (χ1) is 8.59. The maximum absolute atomic E-state index is 10.2. The van der Waals surface area contributed by atoms with Crippen LogP contribution in [0.25, 0.3) is 0 Å². The van der Waals surface area contributed by atoms with Crippen molar-refractivity contribution in [2.75, 3.05) is 6.73 Å². The van der Waals surface area contributed by atoms with E-state index in [1.807, 2.05) is 0 Å². The normalized spacial score (nSPS) is 25.7. The third-order valence-electron chi connectivity index (χ3n) is 2.71. The topological polar surface area (TPSA) is 117 Å². The molecule has 0 radical (unpaired) electrons. The van der Waals surface area contributed by atoms with E-state index in [1.165, 1.54) is 0 Å². The summed E-state index contributed by atoms with van der Waals surface area (Å²) in [5.74, 6) is 0. The fourth-order valence-corrected chi connectivity index (χ4v) is 3.42. The predicted octanol–water partition coefficient (Wildman–Crippen LogP) is 1.54. The lowest BCUT2D eigenvalue weighted by Crippen LogP contribution is -2.49. The monoisotopic (exact) mass is 317 g/mol. The Balaban J connectivity index is 2.47. The van der Waals surface area contributed by atoms with Gasteiger partial charge in [0, 0.05) is 6.04 Å². The first kappa shape index (κ1) is 16.4. The van der Waals surface area contributed by atoms with Gasteiger partial charge in [0.05, 0.1) is 6.04 Å². The van der Waals surface area contributed by atoms with E-state index in [0.717, 1.165) is 25.7 Å². The van der Waals surface area contributed by atoms with E-state index >= 15 is 0 Å². The summed E-state index contributed by atoms with van der Waals surface area (Å²) in [5, 5.41) is 5.57. The molecule has 0 saturated heterocycles. The van der Waals surface area contributed by atoms with Gasteiger partial charge >= 0.3 is 25.5 Å². The van der Waals surface area contributed by atoms with Crippen molar-refractivity contribution in [3.63, 3.8) is 0 Å². The van der Waals surface area contributed by atoms with E-state index in [4.69, 9.17) is 0 Å². The van der Waals surface area contributed by atoms with Gasteiger partial charge in [0.2, 0.25) is 0 Å². The molecule has 11 heteroatoms. The molecule has 0 bridgehead atoms. The van der Waals surface area contributed by atoms with Gasteiger partial charge in [-0.15, -0.1) is 5.09 Å². The third-order valence-corrected chi connectivity index (χ3v) is 4.79. The van der Waals surface area contributed by atoms with Crippen LogP contribution in [0, 0.1) is 0 Å². The van der Waals surface area contributed by atoms with Crippen LogP contribution in [0.3, 0.4) is 0 Å². The standard InChI is InChI=1S/C7H16N2O6P3/c10-16-14-5-8-6-3-1-2-4-7(6)9-18(12,13)15-17-11/h6-9,12-13H,1-5H2/q+1/t6-,7-/m1/s1. The summed E-state index contributed by atoms with van der Waals surface area (Å²) in [4.78, 5) is 18.9. The minimum Gasteiger partial charge on any atom is -0.289 e. The maximum atomic E-state index is 10.2. The van der Waals surface area contributed by atoms with Gasteiger partial charge in [0.15, 0.2) is 0 Å². The Bertz CT molecular complexity index is 282. The van der Waals surface area contributed by atoms with Gasteiger partial charge in [-0.3, -0.25) is 9.84 Å². The molecule has 1 rings (SSSR count). The van der Waals surface area contributed by atoms with Gasteiger partial charge in [-0.25, -0.2) is 9.13 Å². The molecule has 0 aromatic heterocycles. The van der Waals surface area contributed by atoms with Gasteiger partial charge in [-0.05, 0) is 12.8 Å². The van der Waals surface area contributed by atoms with Crippen molar-refractivity contribution in [1.82, 2.24) is 10.4 Å². The molecular weight excluding hydrogens is 301 g/mol. The fraction of sp³-hybridized carbons (Fsp3) is 1.00. The van der Waals surface area contributed by atoms with Crippen molar-refractivity contribution in [3.8, 4) is 0 Å². The Morgan fingerprint density at radius 2 is 1.83 bits per heavy atom. The molecule has 0 aliphatic heterocycles. The van der Waals surface area contributed by atoms with Crippen molar-refractivity contribution in [2.24, 2.45) is 0 Å². The van der Waals surface area contributed by atoms with E-state index in [1.54, 1.807) is 0 Å². The molecule has 1 fully saturated rings. The van der Waals surface area contributed by atoms with Crippen molar-refractivity contribution in [1.29, 1.82) is 0 Å². The third kappa shape index (κ3) is 6.02. The van der Waals surface area contributed by atoms with E-state index < -0.39 is 25.5 Å². The Kier molecular flexibility index (Phi) is 7.80. The molecule has 4 N–H and O–H groups in total. The van der Waals surface area contributed by atoms with Crippen LogP contribution in [0.4, 0.5) is 0 Å². The molecule has 0 aromatic rings. The Hall–Kier alpha value is 0.390. The molecule has 18 heavy (non-hydrogen) atoms. The van der Waals surface area contributed by atoms with Crippen LogP contribution >= 0.6 is 25.5 Å². The van der Waals surface area contributed by atoms with Crippen molar-refractivity contribution in [3.05, 3.63) is 0 Å². The highest BCUT2D eigenvalue weighted by atomic mass is 31.3. The van der Waals surface area contributed by atoms with Gasteiger partial charge in [-0.2, -0.15) is 9.79 Å². The van der Waals surface area contributed by atoms with Crippen LogP contribution in [-0.2, 0) is 18.0 Å². The summed E-state index contributed by atoms with van der Waals surface area (Å²) >= 11 is 0. The molecule has 1 saturated carbocycles.